The van der Waals surface area contributed by atoms with E-state index in [1.54, 1.807) is 0 Å². The molecule has 0 unspecified atom stereocenters. The topological polar surface area (TPSA) is 150 Å². The van der Waals surface area contributed by atoms with Gasteiger partial charge in [-0.05, 0) is 0 Å². The minimum atomic E-state index is -1.26. The van der Waals surface area contributed by atoms with Crippen molar-refractivity contribution in [2.75, 3.05) is 0 Å². The molecule has 0 radical (unpaired) electrons. The second kappa shape index (κ2) is 7.06. The Morgan fingerprint density at radius 2 is 1.25 bits per heavy atom. The fraction of sp³-hybridized carbons (Fsp3) is 0. The molecule has 0 fully saturated rings. The monoisotopic (exact) mass is 175 g/mol. The summed E-state index contributed by atoms with van der Waals surface area (Å²) in [6.45, 7) is 0. The van der Waals surface area contributed by atoms with Crippen LogP contribution in [-0.4, -0.2) is 28.1 Å². The van der Waals surface area contributed by atoms with Crippen LogP contribution >= 0.6 is 0 Å². The van der Waals surface area contributed by atoms with E-state index in [-0.39, 0.29) is 5.96 Å². The number of hydrogen-bond donors (Lipinski definition) is 5. The number of aliphatic carboxylic acids is 2. The molecular weight excluding hydrogens is 166 g/mol. The Bertz CT molecular complexity index is 191. The third-order valence-electron chi connectivity index (χ3n) is 0.368. The van der Waals surface area contributed by atoms with E-state index in [1.807, 2.05) is 0 Å². The molecule has 7 N–H and O–H groups in total. The number of carboxylic acid groups (broad SMARTS) is 2. The summed E-state index contributed by atoms with van der Waals surface area (Å²) in [4.78, 5) is 19.1. The lowest BCUT2D eigenvalue weighted by molar-refractivity contribution is -0.134. The number of carboxylic acids is 2. The molecule has 12 heavy (non-hydrogen) atoms. The van der Waals surface area contributed by atoms with Crippen LogP contribution in [0.2, 0.25) is 0 Å². The molecule has 0 aliphatic carbocycles. The van der Waals surface area contributed by atoms with E-state index in [1.165, 1.54) is 0 Å². The molecule has 0 aromatic carbocycles. The molecule has 0 heterocycles. The molecule has 0 bridgehead atoms. The van der Waals surface area contributed by atoms with E-state index in [0.717, 1.165) is 0 Å². The molecule has 0 atom stereocenters. The van der Waals surface area contributed by atoms with Crippen molar-refractivity contribution in [2.24, 2.45) is 11.5 Å². The zero-order valence-electron chi connectivity index (χ0n) is 6.02. The van der Waals surface area contributed by atoms with Crippen LogP contribution in [-0.2, 0) is 9.59 Å². The summed E-state index contributed by atoms with van der Waals surface area (Å²) in [5.41, 5.74) is 8.94. The largest absolute Gasteiger partial charge is 0.478 e. The summed E-state index contributed by atoms with van der Waals surface area (Å²) < 4.78 is 0. The van der Waals surface area contributed by atoms with Crippen LogP contribution in [0.25, 0.3) is 0 Å². The second-order valence-electron chi connectivity index (χ2n) is 1.47. The first-order chi connectivity index (χ1) is 5.36. The van der Waals surface area contributed by atoms with Gasteiger partial charge in [0.25, 0.3) is 0 Å². The van der Waals surface area contributed by atoms with Crippen molar-refractivity contribution in [3.63, 3.8) is 0 Å². The number of nitrogens with one attached hydrogen (secondary N) is 1. The van der Waals surface area contributed by atoms with E-state index < -0.39 is 11.9 Å². The molecule has 68 valence electrons. The molecule has 0 amide bonds. The number of rotatable bonds is 2. The number of carbonyl (C=O) groups is 2. The fourth-order valence-corrected chi connectivity index (χ4v) is 0.143. The SMILES string of the molecule is N=C(N)N.O=C(O)C=CC(=O)O. The Hall–Kier alpha value is -2.05. The molecule has 0 rings (SSSR count). The third kappa shape index (κ3) is 44.1. The average molecular weight is 175 g/mol. The maximum atomic E-state index is 9.55. The van der Waals surface area contributed by atoms with Gasteiger partial charge < -0.3 is 21.7 Å². The molecule has 0 aromatic rings. The van der Waals surface area contributed by atoms with Crippen molar-refractivity contribution in [1.29, 1.82) is 5.41 Å². The summed E-state index contributed by atoms with van der Waals surface area (Å²) >= 11 is 0. The van der Waals surface area contributed by atoms with Crippen molar-refractivity contribution in [2.45, 2.75) is 0 Å². The summed E-state index contributed by atoms with van der Waals surface area (Å²) in [6, 6.07) is 0. The van der Waals surface area contributed by atoms with E-state index >= 15 is 0 Å². The Kier molecular flexibility index (Phi) is 7.42. The Balaban J connectivity index is 0. The lowest BCUT2D eigenvalue weighted by atomic mass is 10.5. The van der Waals surface area contributed by atoms with Gasteiger partial charge in [0.2, 0.25) is 0 Å². The van der Waals surface area contributed by atoms with Crippen molar-refractivity contribution in [1.82, 2.24) is 0 Å². The van der Waals surface area contributed by atoms with Crippen LogP contribution in [0.5, 0.6) is 0 Å². The Morgan fingerprint density at radius 3 is 1.33 bits per heavy atom. The first kappa shape index (κ1) is 12.6. The standard InChI is InChI=1S/C4H4O4.CH5N3/c5-3(6)1-2-4(7)8;2-1(3)4/h1-2H,(H,5,6)(H,7,8);(H5,2,3,4). The predicted molar refractivity (Wildman–Crippen MR) is 40.5 cm³/mol. The Morgan fingerprint density at radius 1 is 1.08 bits per heavy atom. The van der Waals surface area contributed by atoms with E-state index in [2.05, 4.69) is 11.5 Å². The fourth-order valence-electron chi connectivity index (χ4n) is 0.143. The summed E-state index contributed by atoms with van der Waals surface area (Å²) in [5, 5.41) is 21.7. The maximum absolute atomic E-state index is 9.55. The number of hydrogen-bond acceptors (Lipinski definition) is 3. The molecule has 0 aliphatic rings. The smallest absolute Gasteiger partial charge is 0.328 e. The Labute approximate surface area is 67.8 Å². The minimum Gasteiger partial charge on any atom is -0.478 e. The first-order valence-corrected chi connectivity index (χ1v) is 2.59. The molecule has 0 aliphatic heterocycles. The number of nitrogens with two attached hydrogens (primary N) is 2. The van der Waals surface area contributed by atoms with Gasteiger partial charge in [0.1, 0.15) is 0 Å². The first-order valence-electron chi connectivity index (χ1n) is 2.59. The minimum absolute atomic E-state index is 0.333. The molecular formula is C5H9N3O4. The van der Waals surface area contributed by atoms with Gasteiger partial charge in [0.05, 0.1) is 0 Å². The van der Waals surface area contributed by atoms with E-state index in [4.69, 9.17) is 15.6 Å². The molecule has 7 heteroatoms. The van der Waals surface area contributed by atoms with Gasteiger partial charge in [-0.3, -0.25) is 5.41 Å². The summed E-state index contributed by atoms with van der Waals surface area (Å²) in [5.74, 6) is -2.85. The highest BCUT2D eigenvalue weighted by Gasteiger charge is 1.88. The quantitative estimate of drug-likeness (QED) is 0.197. The lowest BCUT2D eigenvalue weighted by Crippen LogP contribution is -2.20. The zero-order valence-corrected chi connectivity index (χ0v) is 6.02. The number of guanidine groups is 1. The molecule has 0 aromatic heterocycles. The molecule has 0 saturated carbocycles. The molecule has 7 nitrogen and oxygen atoms in total. The van der Waals surface area contributed by atoms with Gasteiger partial charge in [0, 0.05) is 12.2 Å². The normalized spacial score (nSPS) is 8.33. The molecule has 0 saturated heterocycles. The van der Waals surface area contributed by atoms with Gasteiger partial charge in [-0.25, -0.2) is 9.59 Å². The van der Waals surface area contributed by atoms with Gasteiger partial charge in [-0.1, -0.05) is 0 Å². The van der Waals surface area contributed by atoms with E-state index in [9.17, 15) is 9.59 Å². The zero-order chi connectivity index (χ0) is 10.1. The highest BCUT2D eigenvalue weighted by molar-refractivity contribution is 5.89. The van der Waals surface area contributed by atoms with Crippen molar-refractivity contribution >= 4 is 17.9 Å². The van der Waals surface area contributed by atoms with E-state index in [0.29, 0.717) is 12.2 Å². The summed E-state index contributed by atoms with van der Waals surface area (Å²) in [6.07, 6.45) is 1.12. The maximum Gasteiger partial charge on any atom is 0.328 e. The summed E-state index contributed by atoms with van der Waals surface area (Å²) in [7, 11) is 0. The highest BCUT2D eigenvalue weighted by Crippen LogP contribution is 1.70. The second-order valence-corrected chi connectivity index (χ2v) is 1.47. The third-order valence-corrected chi connectivity index (χ3v) is 0.368. The van der Waals surface area contributed by atoms with Crippen LogP contribution in [0.3, 0.4) is 0 Å². The van der Waals surface area contributed by atoms with Crippen molar-refractivity contribution < 1.29 is 19.8 Å². The predicted octanol–water partition coefficient (Wildman–Crippen LogP) is -1.45. The lowest BCUT2D eigenvalue weighted by Gasteiger charge is -1.74. The van der Waals surface area contributed by atoms with Gasteiger partial charge in [0.15, 0.2) is 5.96 Å². The van der Waals surface area contributed by atoms with Gasteiger partial charge >= 0.3 is 11.9 Å². The molecule has 0 spiro atoms. The van der Waals surface area contributed by atoms with Crippen LogP contribution in [0.15, 0.2) is 12.2 Å². The average Bonchev–Trinajstić information content (AvgIpc) is 1.82. The van der Waals surface area contributed by atoms with Crippen LogP contribution < -0.4 is 11.5 Å². The highest BCUT2D eigenvalue weighted by atomic mass is 16.4. The van der Waals surface area contributed by atoms with Crippen LogP contribution in [0.1, 0.15) is 0 Å². The van der Waals surface area contributed by atoms with Crippen molar-refractivity contribution in [3.8, 4) is 0 Å². The van der Waals surface area contributed by atoms with Gasteiger partial charge in [-0.2, -0.15) is 0 Å². The van der Waals surface area contributed by atoms with Crippen molar-refractivity contribution in [3.05, 3.63) is 12.2 Å². The van der Waals surface area contributed by atoms with Crippen LogP contribution in [0.4, 0.5) is 0 Å². The van der Waals surface area contributed by atoms with Gasteiger partial charge in [-0.15, -0.1) is 0 Å². The van der Waals surface area contributed by atoms with Crippen LogP contribution in [0, 0.1) is 5.41 Å².